The number of methoxy groups -OCH3 is 1. The highest BCUT2D eigenvalue weighted by Gasteiger charge is 2.05. The molecule has 0 fully saturated rings. The van der Waals surface area contributed by atoms with Crippen molar-refractivity contribution in [3.8, 4) is 5.75 Å². The third-order valence-electron chi connectivity index (χ3n) is 3.33. The van der Waals surface area contributed by atoms with Gasteiger partial charge >= 0.3 is 0 Å². The molecule has 0 saturated heterocycles. The number of rotatable bonds is 6. The Morgan fingerprint density at radius 3 is 2.63 bits per heavy atom. The van der Waals surface area contributed by atoms with Crippen molar-refractivity contribution in [2.75, 3.05) is 25.7 Å². The average Bonchev–Trinajstić information content (AvgIpc) is 2.46. The highest BCUT2D eigenvalue weighted by atomic mass is 32.2. The second-order valence-electron chi connectivity index (χ2n) is 4.64. The van der Waals surface area contributed by atoms with Crippen LogP contribution >= 0.6 is 11.8 Å². The monoisotopic (exact) mass is 275 g/mol. The molecule has 2 nitrogen and oxygen atoms in total. The van der Waals surface area contributed by atoms with Gasteiger partial charge in [-0.2, -0.15) is 11.8 Å². The van der Waals surface area contributed by atoms with E-state index < -0.39 is 0 Å². The molecule has 1 N–H and O–H groups in total. The number of fused-ring (bicyclic) bond motifs is 1. The van der Waals surface area contributed by atoms with Gasteiger partial charge < -0.3 is 10.1 Å². The molecule has 2 rings (SSSR count). The van der Waals surface area contributed by atoms with E-state index in [-0.39, 0.29) is 0 Å². The standard InChI is InChI=1S/C16H21NOS/c1-12(17-8-9-19-3)13-4-5-15-11-16(18-2)7-6-14(15)10-13/h4-7,10-12,17H,8-9H2,1-3H3. The van der Waals surface area contributed by atoms with E-state index >= 15 is 0 Å². The number of hydrogen-bond acceptors (Lipinski definition) is 3. The number of hydrogen-bond donors (Lipinski definition) is 1. The first-order valence-corrected chi connectivity index (χ1v) is 7.94. The molecule has 0 spiro atoms. The van der Waals surface area contributed by atoms with Crippen molar-refractivity contribution in [1.82, 2.24) is 5.32 Å². The Morgan fingerprint density at radius 2 is 1.89 bits per heavy atom. The summed E-state index contributed by atoms with van der Waals surface area (Å²) in [5, 5.41) is 6.02. The van der Waals surface area contributed by atoms with Gasteiger partial charge in [0.05, 0.1) is 7.11 Å². The summed E-state index contributed by atoms with van der Waals surface area (Å²) >= 11 is 1.87. The molecular formula is C16H21NOS. The summed E-state index contributed by atoms with van der Waals surface area (Å²) in [5.74, 6) is 2.06. The lowest BCUT2D eigenvalue weighted by Gasteiger charge is -2.14. The number of thioether (sulfide) groups is 1. The largest absolute Gasteiger partial charge is 0.497 e. The Bertz CT molecular complexity index is 541. The lowest BCUT2D eigenvalue weighted by Crippen LogP contribution is -2.21. The molecule has 3 heteroatoms. The Hall–Kier alpha value is -1.19. The van der Waals surface area contributed by atoms with Crippen LogP contribution in [0.1, 0.15) is 18.5 Å². The number of benzene rings is 2. The lowest BCUT2D eigenvalue weighted by molar-refractivity contribution is 0.415. The van der Waals surface area contributed by atoms with Crippen molar-refractivity contribution in [2.24, 2.45) is 0 Å². The van der Waals surface area contributed by atoms with Gasteiger partial charge in [-0.3, -0.25) is 0 Å². The molecule has 2 aromatic carbocycles. The van der Waals surface area contributed by atoms with E-state index in [1.54, 1.807) is 7.11 Å². The lowest BCUT2D eigenvalue weighted by atomic mass is 10.0. The van der Waals surface area contributed by atoms with Crippen LogP contribution in [0.2, 0.25) is 0 Å². The molecule has 0 aromatic heterocycles. The van der Waals surface area contributed by atoms with Gasteiger partial charge in [-0.15, -0.1) is 0 Å². The van der Waals surface area contributed by atoms with Gasteiger partial charge in [0.2, 0.25) is 0 Å². The van der Waals surface area contributed by atoms with Crippen LogP contribution in [0, 0.1) is 0 Å². The quantitative estimate of drug-likeness (QED) is 0.809. The Morgan fingerprint density at radius 1 is 1.16 bits per heavy atom. The Kier molecular flexibility index (Phi) is 5.11. The second kappa shape index (κ2) is 6.83. The minimum Gasteiger partial charge on any atom is -0.497 e. The van der Waals surface area contributed by atoms with Crippen molar-refractivity contribution in [3.63, 3.8) is 0 Å². The first kappa shape index (κ1) is 14.2. The van der Waals surface area contributed by atoms with Gasteiger partial charge in [0.15, 0.2) is 0 Å². The molecule has 19 heavy (non-hydrogen) atoms. The highest BCUT2D eigenvalue weighted by Crippen LogP contribution is 2.24. The second-order valence-corrected chi connectivity index (χ2v) is 5.63. The fraction of sp³-hybridized carbons (Fsp3) is 0.375. The maximum absolute atomic E-state index is 5.25. The van der Waals surface area contributed by atoms with E-state index in [1.807, 2.05) is 17.8 Å². The summed E-state index contributed by atoms with van der Waals surface area (Å²) in [5.41, 5.74) is 1.33. The third-order valence-corrected chi connectivity index (χ3v) is 3.94. The molecule has 0 aliphatic carbocycles. The van der Waals surface area contributed by atoms with Crippen LogP contribution in [-0.2, 0) is 0 Å². The van der Waals surface area contributed by atoms with E-state index in [2.05, 4.69) is 48.8 Å². The normalized spacial score (nSPS) is 12.6. The van der Waals surface area contributed by atoms with Crippen molar-refractivity contribution >= 4 is 22.5 Å². The molecule has 0 saturated carbocycles. The van der Waals surface area contributed by atoms with Crippen LogP contribution in [0.3, 0.4) is 0 Å². The van der Waals surface area contributed by atoms with E-state index in [0.29, 0.717) is 6.04 Å². The molecule has 2 aromatic rings. The zero-order chi connectivity index (χ0) is 13.7. The predicted octanol–water partition coefficient (Wildman–Crippen LogP) is 3.86. The smallest absolute Gasteiger partial charge is 0.119 e. The van der Waals surface area contributed by atoms with Crippen LogP contribution in [0.25, 0.3) is 10.8 Å². The van der Waals surface area contributed by atoms with Gasteiger partial charge in [-0.25, -0.2) is 0 Å². The molecule has 0 aliphatic rings. The summed E-state index contributed by atoms with van der Waals surface area (Å²) in [6.07, 6.45) is 2.13. The van der Waals surface area contributed by atoms with E-state index in [1.165, 1.54) is 16.3 Å². The molecule has 0 amide bonds. The third kappa shape index (κ3) is 3.64. The summed E-state index contributed by atoms with van der Waals surface area (Å²) in [4.78, 5) is 0. The molecular weight excluding hydrogens is 254 g/mol. The molecule has 0 aliphatic heterocycles. The average molecular weight is 275 g/mol. The SMILES string of the molecule is COc1ccc2cc(C(C)NCCSC)ccc2c1. The highest BCUT2D eigenvalue weighted by molar-refractivity contribution is 7.98. The van der Waals surface area contributed by atoms with E-state index in [9.17, 15) is 0 Å². The fourth-order valence-corrected chi connectivity index (χ4v) is 2.46. The van der Waals surface area contributed by atoms with Crippen molar-refractivity contribution in [2.45, 2.75) is 13.0 Å². The summed E-state index contributed by atoms with van der Waals surface area (Å²) < 4.78 is 5.25. The first-order chi connectivity index (χ1) is 9.24. The van der Waals surface area contributed by atoms with Gasteiger partial charge in [0.1, 0.15) is 5.75 Å². The van der Waals surface area contributed by atoms with E-state index in [4.69, 9.17) is 4.74 Å². The first-order valence-electron chi connectivity index (χ1n) is 6.54. The molecule has 102 valence electrons. The van der Waals surface area contributed by atoms with Gasteiger partial charge in [0.25, 0.3) is 0 Å². The van der Waals surface area contributed by atoms with Gasteiger partial charge in [0, 0.05) is 18.3 Å². The van der Waals surface area contributed by atoms with Crippen molar-refractivity contribution in [1.29, 1.82) is 0 Å². The maximum atomic E-state index is 5.25. The molecule has 1 atom stereocenters. The molecule has 0 bridgehead atoms. The maximum Gasteiger partial charge on any atom is 0.119 e. The predicted molar refractivity (Wildman–Crippen MR) is 85.3 cm³/mol. The minimum absolute atomic E-state index is 0.388. The van der Waals surface area contributed by atoms with Crippen LogP contribution in [-0.4, -0.2) is 25.7 Å². The zero-order valence-corrected chi connectivity index (χ0v) is 12.6. The van der Waals surface area contributed by atoms with Crippen LogP contribution in [0.5, 0.6) is 5.75 Å². The Balaban J connectivity index is 2.16. The fourth-order valence-electron chi connectivity index (χ4n) is 2.13. The molecule has 1 unspecified atom stereocenters. The molecule has 0 heterocycles. The van der Waals surface area contributed by atoms with Crippen LogP contribution < -0.4 is 10.1 Å². The summed E-state index contributed by atoms with van der Waals surface area (Å²) in [7, 11) is 1.70. The minimum atomic E-state index is 0.388. The zero-order valence-electron chi connectivity index (χ0n) is 11.8. The van der Waals surface area contributed by atoms with Crippen LogP contribution in [0.4, 0.5) is 0 Å². The molecule has 0 radical (unpaired) electrons. The van der Waals surface area contributed by atoms with Gasteiger partial charge in [-0.1, -0.05) is 18.2 Å². The van der Waals surface area contributed by atoms with E-state index in [0.717, 1.165) is 18.0 Å². The van der Waals surface area contributed by atoms with Crippen LogP contribution in [0.15, 0.2) is 36.4 Å². The Labute approximate surface area is 119 Å². The summed E-state index contributed by atoms with van der Waals surface area (Å²) in [6, 6.07) is 13.2. The number of ether oxygens (including phenoxy) is 1. The van der Waals surface area contributed by atoms with Crippen molar-refractivity contribution in [3.05, 3.63) is 42.0 Å². The number of nitrogens with one attached hydrogen (secondary N) is 1. The topological polar surface area (TPSA) is 21.3 Å². The van der Waals surface area contributed by atoms with Gasteiger partial charge in [-0.05, 0) is 47.7 Å². The van der Waals surface area contributed by atoms with Crippen molar-refractivity contribution < 1.29 is 4.74 Å². The summed E-state index contributed by atoms with van der Waals surface area (Å²) in [6.45, 7) is 3.26.